The Kier molecular flexibility index (Phi) is 6.04. The maximum absolute atomic E-state index is 7.00. The van der Waals surface area contributed by atoms with Gasteiger partial charge in [-0.25, -0.2) is 0 Å². The van der Waals surface area contributed by atoms with Crippen LogP contribution < -0.4 is 3.69 Å². The lowest BCUT2D eigenvalue weighted by molar-refractivity contribution is 0.399. The summed E-state index contributed by atoms with van der Waals surface area (Å²) in [5.74, 6) is 0. The van der Waals surface area contributed by atoms with Gasteiger partial charge in [-0.05, 0) is 0 Å². The Morgan fingerprint density at radius 3 is 1.78 bits per heavy atom. The zero-order valence-electron chi connectivity index (χ0n) is 5.54. The number of aliphatic hydroxyl groups excluding tert-OH is 1. The Morgan fingerprint density at radius 2 is 1.56 bits per heavy atom. The first kappa shape index (κ1) is 8.95. The summed E-state index contributed by atoms with van der Waals surface area (Å²) in [6.07, 6.45) is 0. The molecule has 0 saturated heterocycles. The minimum absolute atomic E-state index is 1.00. The molecule has 2 heteroatoms. The SMILES string of the molecule is CO.[Mg+2][c]1ccccc1. The van der Waals surface area contributed by atoms with Crippen LogP contribution in [0.15, 0.2) is 30.3 Å². The molecule has 0 saturated carbocycles. The van der Waals surface area contributed by atoms with Crippen molar-refractivity contribution in [2.24, 2.45) is 0 Å². The molecule has 0 aliphatic rings. The lowest BCUT2D eigenvalue weighted by Gasteiger charge is -1.65. The van der Waals surface area contributed by atoms with Crippen LogP contribution in [0.3, 0.4) is 0 Å². The molecule has 0 amide bonds. The maximum atomic E-state index is 7.00. The van der Waals surface area contributed by atoms with E-state index in [-0.39, 0.29) is 0 Å². The third-order valence-corrected chi connectivity index (χ3v) is 1.31. The third kappa shape index (κ3) is 4.45. The maximum Gasteiger partial charge on any atom is 1.47 e. The highest BCUT2D eigenvalue weighted by atomic mass is 24.4. The zero-order chi connectivity index (χ0) is 7.11. The molecular formula is C7H9MgO+2. The van der Waals surface area contributed by atoms with Crippen LogP contribution in [0, 0.1) is 0 Å². The fourth-order valence-corrected chi connectivity index (χ4v) is 0.750. The number of aliphatic hydroxyl groups is 1. The summed E-state index contributed by atoms with van der Waals surface area (Å²) >= 11 is 1.90. The van der Waals surface area contributed by atoms with Crippen molar-refractivity contribution in [2.75, 3.05) is 7.11 Å². The highest BCUT2D eigenvalue weighted by molar-refractivity contribution is 6.32. The minimum atomic E-state index is 1.00. The van der Waals surface area contributed by atoms with Crippen molar-refractivity contribution in [2.45, 2.75) is 0 Å². The van der Waals surface area contributed by atoms with E-state index in [1.807, 2.05) is 39.9 Å². The molecule has 43 valence electrons. The average Bonchev–Trinajstić information content (AvgIpc) is 1.94. The Bertz CT molecular complexity index is 139. The smallest absolute Gasteiger partial charge is 0.400 e. The highest BCUT2D eigenvalue weighted by Gasteiger charge is 2.28. The van der Waals surface area contributed by atoms with Gasteiger partial charge in [-0.2, -0.15) is 0 Å². The van der Waals surface area contributed by atoms with Gasteiger partial charge in [-0.1, -0.05) is 18.2 Å². The third-order valence-electron chi connectivity index (χ3n) is 0.843. The van der Waals surface area contributed by atoms with Crippen LogP contribution in [0.2, 0.25) is 0 Å². The second-order valence-corrected chi connectivity index (χ2v) is 2.30. The lowest BCUT2D eigenvalue weighted by Crippen LogP contribution is -1.97. The highest BCUT2D eigenvalue weighted by Crippen LogP contribution is 1.76. The molecular weight excluding hydrogens is 124 g/mol. The minimum Gasteiger partial charge on any atom is -0.400 e. The van der Waals surface area contributed by atoms with Crippen molar-refractivity contribution in [3.63, 3.8) is 0 Å². The summed E-state index contributed by atoms with van der Waals surface area (Å²) in [6.45, 7) is 0. The topological polar surface area (TPSA) is 20.2 Å². The first-order valence-electron chi connectivity index (χ1n) is 2.71. The summed E-state index contributed by atoms with van der Waals surface area (Å²) in [5, 5.41) is 7.00. The first-order chi connectivity index (χ1) is 4.39. The number of benzene rings is 1. The largest absolute Gasteiger partial charge is 1.47 e. The predicted molar refractivity (Wildman–Crippen MR) is 40.0 cm³/mol. The van der Waals surface area contributed by atoms with Gasteiger partial charge < -0.3 is 5.11 Å². The quantitative estimate of drug-likeness (QED) is 0.498. The number of hydrogen-bond acceptors (Lipinski definition) is 1. The molecule has 0 spiro atoms. The van der Waals surface area contributed by atoms with Gasteiger partial charge in [0.05, 0.1) is 0 Å². The molecule has 1 aromatic rings. The fraction of sp³-hybridized carbons (Fsp3) is 0.143. The van der Waals surface area contributed by atoms with Crippen LogP contribution in [0.25, 0.3) is 0 Å². The molecule has 1 nitrogen and oxygen atoms in total. The molecule has 0 heterocycles. The van der Waals surface area contributed by atoms with Crippen LogP contribution in [-0.4, -0.2) is 33.9 Å². The van der Waals surface area contributed by atoms with Gasteiger partial charge in [0.15, 0.2) is 0 Å². The Hall–Kier alpha value is -0.0538. The lowest BCUT2D eigenvalue weighted by atomic mass is 10.4. The number of hydrogen-bond donors (Lipinski definition) is 1. The van der Waals surface area contributed by atoms with Crippen molar-refractivity contribution in [1.29, 1.82) is 0 Å². The van der Waals surface area contributed by atoms with E-state index in [4.69, 9.17) is 5.11 Å². The predicted octanol–water partition coefficient (Wildman–Crippen LogP) is 0.0889. The number of rotatable bonds is 0. The first-order valence-corrected chi connectivity index (χ1v) is 3.42. The van der Waals surface area contributed by atoms with Crippen molar-refractivity contribution in [3.05, 3.63) is 30.3 Å². The summed E-state index contributed by atoms with van der Waals surface area (Å²) in [4.78, 5) is 0. The second kappa shape index (κ2) is 6.07. The van der Waals surface area contributed by atoms with E-state index < -0.39 is 0 Å². The van der Waals surface area contributed by atoms with Crippen molar-refractivity contribution >= 4 is 25.4 Å². The van der Waals surface area contributed by atoms with E-state index in [0.29, 0.717) is 0 Å². The molecule has 0 atom stereocenters. The van der Waals surface area contributed by atoms with Gasteiger partial charge in [-0.15, -0.1) is 0 Å². The van der Waals surface area contributed by atoms with Crippen LogP contribution in [0.4, 0.5) is 0 Å². The molecule has 0 aliphatic carbocycles. The van der Waals surface area contributed by atoms with E-state index in [0.717, 1.165) is 7.11 Å². The molecule has 0 fully saturated rings. The summed E-state index contributed by atoms with van der Waals surface area (Å²) in [5.41, 5.74) is 0. The van der Waals surface area contributed by atoms with E-state index in [9.17, 15) is 0 Å². The standard InChI is InChI=1S/C6H5.CH4O.Mg/c1-2-4-6-5-3-1;1-2;/h1-5H;2H,1H3;/q;;+2. The summed E-state index contributed by atoms with van der Waals surface area (Å²) in [6, 6.07) is 10.3. The van der Waals surface area contributed by atoms with Crippen LogP contribution in [0.1, 0.15) is 0 Å². The molecule has 0 bridgehead atoms. The Morgan fingerprint density at radius 1 is 1.11 bits per heavy atom. The van der Waals surface area contributed by atoms with Crippen LogP contribution >= 0.6 is 0 Å². The van der Waals surface area contributed by atoms with Crippen molar-refractivity contribution < 1.29 is 5.11 Å². The van der Waals surface area contributed by atoms with Gasteiger partial charge in [0.1, 0.15) is 0 Å². The molecule has 0 aromatic heterocycles. The summed E-state index contributed by atoms with van der Waals surface area (Å²) < 4.78 is 1.35. The Labute approximate surface area is 68.1 Å². The van der Waals surface area contributed by atoms with Crippen LogP contribution in [-0.2, 0) is 0 Å². The van der Waals surface area contributed by atoms with E-state index in [1.54, 1.807) is 0 Å². The fourth-order valence-electron chi connectivity index (χ4n) is 0.478. The average molecular weight is 133 g/mol. The van der Waals surface area contributed by atoms with Crippen molar-refractivity contribution in [3.8, 4) is 0 Å². The Balaban J connectivity index is 0.000000291. The molecule has 1 rings (SSSR count). The second-order valence-electron chi connectivity index (χ2n) is 1.49. The van der Waals surface area contributed by atoms with Gasteiger partial charge >= 0.3 is 25.4 Å². The summed E-state index contributed by atoms with van der Waals surface area (Å²) in [7, 11) is 1.00. The zero-order valence-corrected chi connectivity index (χ0v) is 6.96. The van der Waals surface area contributed by atoms with Gasteiger partial charge in [0, 0.05) is 19.2 Å². The molecule has 1 aromatic carbocycles. The van der Waals surface area contributed by atoms with Gasteiger partial charge in [0.2, 0.25) is 0 Å². The van der Waals surface area contributed by atoms with Crippen LogP contribution in [0.5, 0.6) is 0 Å². The molecule has 7 radical (unpaired) electrons. The van der Waals surface area contributed by atoms with Gasteiger partial charge in [-0.3, -0.25) is 0 Å². The monoisotopic (exact) mass is 133 g/mol. The van der Waals surface area contributed by atoms with Gasteiger partial charge in [0.25, 0.3) is 0 Å². The molecule has 9 heavy (non-hydrogen) atoms. The van der Waals surface area contributed by atoms with E-state index in [1.165, 1.54) is 3.69 Å². The normalized spacial score (nSPS) is 7.44. The van der Waals surface area contributed by atoms with Crippen molar-refractivity contribution in [1.82, 2.24) is 0 Å². The molecule has 0 aliphatic heterocycles. The van der Waals surface area contributed by atoms with E-state index in [2.05, 4.69) is 12.1 Å². The molecule has 1 N–H and O–H groups in total. The van der Waals surface area contributed by atoms with E-state index >= 15 is 0 Å². The molecule has 0 unspecified atom stereocenters.